The number of hydrogen-bond acceptors (Lipinski definition) is 4. The lowest BCUT2D eigenvalue weighted by molar-refractivity contribution is 0.0954. The van der Waals surface area contributed by atoms with Gasteiger partial charge >= 0.3 is 0 Å². The normalized spacial score (nSPS) is 10.3. The Hall–Kier alpha value is -1.59. The van der Waals surface area contributed by atoms with Crippen LogP contribution >= 0.6 is 22.9 Å². The molecule has 0 aliphatic rings. The second-order valence-corrected chi connectivity index (χ2v) is 4.85. The van der Waals surface area contributed by atoms with Crippen LogP contribution in [0.4, 0.5) is 5.69 Å². The number of hydrogen-bond donors (Lipinski definition) is 2. The van der Waals surface area contributed by atoms with Gasteiger partial charge in [0.05, 0.1) is 21.8 Å². The number of carbonyl (C=O) groups excluding carboxylic acids is 1. The molecule has 1 heterocycles. The standard InChI is InChI=1S/C12H12ClN3OS/c13-11-2-1-8(14)5-10(11)12(17)15-4-3-9-6-18-7-16-9/h1-2,5-7H,3-4,14H2,(H,15,17). The number of carbonyl (C=O) groups is 1. The lowest BCUT2D eigenvalue weighted by Crippen LogP contribution is -2.26. The van der Waals surface area contributed by atoms with Crippen molar-refractivity contribution in [2.75, 3.05) is 12.3 Å². The van der Waals surface area contributed by atoms with Crippen LogP contribution in [-0.2, 0) is 6.42 Å². The summed E-state index contributed by atoms with van der Waals surface area (Å²) in [6.45, 7) is 0.522. The van der Waals surface area contributed by atoms with Crippen LogP contribution in [0.15, 0.2) is 29.1 Å². The highest BCUT2D eigenvalue weighted by molar-refractivity contribution is 7.07. The Balaban J connectivity index is 1.93. The average Bonchev–Trinajstić information content (AvgIpc) is 2.85. The van der Waals surface area contributed by atoms with Crippen molar-refractivity contribution in [3.05, 3.63) is 45.4 Å². The van der Waals surface area contributed by atoms with Crippen LogP contribution < -0.4 is 11.1 Å². The molecule has 0 spiro atoms. The molecule has 0 aliphatic heterocycles. The van der Waals surface area contributed by atoms with Gasteiger partial charge in [0, 0.05) is 24.0 Å². The van der Waals surface area contributed by atoms with E-state index in [-0.39, 0.29) is 5.91 Å². The number of nitrogens with one attached hydrogen (secondary N) is 1. The van der Waals surface area contributed by atoms with Crippen LogP contribution in [0.5, 0.6) is 0 Å². The molecule has 0 atom stereocenters. The van der Waals surface area contributed by atoms with Crippen molar-refractivity contribution in [3.8, 4) is 0 Å². The molecule has 2 aromatic rings. The third kappa shape index (κ3) is 3.21. The smallest absolute Gasteiger partial charge is 0.252 e. The molecule has 0 saturated heterocycles. The second kappa shape index (κ2) is 5.84. The summed E-state index contributed by atoms with van der Waals surface area (Å²) in [6, 6.07) is 4.85. The minimum Gasteiger partial charge on any atom is -0.399 e. The van der Waals surface area contributed by atoms with Gasteiger partial charge in [0.2, 0.25) is 0 Å². The van der Waals surface area contributed by atoms with E-state index >= 15 is 0 Å². The van der Waals surface area contributed by atoms with Gasteiger partial charge in [-0.2, -0.15) is 0 Å². The Morgan fingerprint density at radius 1 is 1.50 bits per heavy atom. The predicted octanol–water partition coefficient (Wildman–Crippen LogP) is 2.35. The molecule has 0 aliphatic carbocycles. The van der Waals surface area contributed by atoms with Crippen molar-refractivity contribution >= 4 is 34.5 Å². The lowest BCUT2D eigenvalue weighted by atomic mass is 10.2. The van der Waals surface area contributed by atoms with Crippen LogP contribution in [0.2, 0.25) is 5.02 Å². The molecule has 0 saturated carbocycles. The van der Waals surface area contributed by atoms with E-state index in [9.17, 15) is 4.79 Å². The number of aromatic nitrogens is 1. The number of thiazole rings is 1. The minimum atomic E-state index is -0.220. The quantitative estimate of drug-likeness (QED) is 0.846. The summed E-state index contributed by atoms with van der Waals surface area (Å²) in [5.74, 6) is -0.220. The fourth-order valence-electron chi connectivity index (χ4n) is 1.48. The SMILES string of the molecule is Nc1ccc(Cl)c(C(=O)NCCc2cscn2)c1. The van der Waals surface area contributed by atoms with Crippen LogP contribution in [0.25, 0.3) is 0 Å². The first kappa shape index (κ1) is 12.9. The largest absolute Gasteiger partial charge is 0.399 e. The van der Waals surface area contributed by atoms with Crippen molar-refractivity contribution in [1.82, 2.24) is 10.3 Å². The molecule has 3 N–H and O–H groups in total. The molecule has 1 aromatic heterocycles. The summed E-state index contributed by atoms with van der Waals surface area (Å²) in [5, 5.41) is 5.15. The van der Waals surface area contributed by atoms with Crippen LogP contribution in [-0.4, -0.2) is 17.4 Å². The Morgan fingerprint density at radius 2 is 2.33 bits per heavy atom. The van der Waals surface area contributed by atoms with Crippen molar-refractivity contribution in [2.24, 2.45) is 0 Å². The van der Waals surface area contributed by atoms with Gasteiger partial charge in [-0.1, -0.05) is 11.6 Å². The van der Waals surface area contributed by atoms with Crippen LogP contribution in [0.3, 0.4) is 0 Å². The number of halogens is 1. The molecule has 2 rings (SSSR count). The zero-order valence-electron chi connectivity index (χ0n) is 9.52. The molecule has 1 amide bonds. The molecule has 1 aromatic carbocycles. The highest BCUT2D eigenvalue weighted by Crippen LogP contribution is 2.18. The first-order chi connectivity index (χ1) is 8.66. The van der Waals surface area contributed by atoms with E-state index in [1.54, 1.807) is 23.7 Å². The number of anilines is 1. The number of amides is 1. The predicted molar refractivity (Wildman–Crippen MR) is 74.0 cm³/mol. The highest BCUT2D eigenvalue weighted by atomic mass is 35.5. The summed E-state index contributed by atoms with van der Waals surface area (Å²) in [4.78, 5) is 16.0. The maximum atomic E-state index is 11.9. The number of nitrogens with two attached hydrogens (primary N) is 1. The third-order valence-corrected chi connectivity index (χ3v) is 3.35. The fourth-order valence-corrected chi connectivity index (χ4v) is 2.27. The zero-order valence-corrected chi connectivity index (χ0v) is 11.1. The monoisotopic (exact) mass is 281 g/mol. The van der Waals surface area contributed by atoms with Gasteiger partial charge in [0.1, 0.15) is 0 Å². The third-order valence-electron chi connectivity index (χ3n) is 2.39. The van der Waals surface area contributed by atoms with Gasteiger partial charge < -0.3 is 11.1 Å². The molecule has 94 valence electrons. The maximum absolute atomic E-state index is 11.9. The molecule has 18 heavy (non-hydrogen) atoms. The zero-order chi connectivity index (χ0) is 13.0. The van der Waals surface area contributed by atoms with Crippen molar-refractivity contribution in [1.29, 1.82) is 0 Å². The first-order valence-corrected chi connectivity index (χ1v) is 6.69. The summed E-state index contributed by atoms with van der Waals surface area (Å²) in [7, 11) is 0. The Labute approximate surface area is 114 Å². The van der Waals surface area contributed by atoms with E-state index in [4.69, 9.17) is 17.3 Å². The highest BCUT2D eigenvalue weighted by Gasteiger charge is 2.10. The summed E-state index contributed by atoms with van der Waals surface area (Å²) < 4.78 is 0. The molecular formula is C12H12ClN3OS. The van der Waals surface area contributed by atoms with E-state index in [2.05, 4.69) is 10.3 Å². The van der Waals surface area contributed by atoms with Crippen LogP contribution in [0.1, 0.15) is 16.1 Å². The van der Waals surface area contributed by atoms with E-state index in [1.807, 2.05) is 5.38 Å². The van der Waals surface area contributed by atoms with Gasteiger partial charge in [-0.25, -0.2) is 4.98 Å². The topological polar surface area (TPSA) is 68.0 Å². The summed E-state index contributed by atoms with van der Waals surface area (Å²) >= 11 is 7.48. The molecule has 0 bridgehead atoms. The van der Waals surface area contributed by atoms with Crippen molar-refractivity contribution < 1.29 is 4.79 Å². The summed E-state index contributed by atoms with van der Waals surface area (Å²) in [5.41, 5.74) is 9.28. The second-order valence-electron chi connectivity index (χ2n) is 3.72. The molecule has 0 unspecified atom stereocenters. The molecule has 4 nitrogen and oxygen atoms in total. The van der Waals surface area contributed by atoms with Crippen molar-refractivity contribution in [2.45, 2.75) is 6.42 Å². The average molecular weight is 282 g/mol. The van der Waals surface area contributed by atoms with E-state index in [0.717, 1.165) is 5.69 Å². The van der Waals surface area contributed by atoms with E-state index in [1.165, 1.54) is 11.3 Å². The van der Waals surface area contributed by atoms with Crippen LogP contribution in [0, 0.1) is 0 Å². The minimum absolute atomic E-state index is 0.220. The maximum Gasteiger partial charge on any atom is 0.252 e. The molecule has 0 fully saturated rings. The number of nitrogen functional groups attached to an aromatic ring is 1. The van der Waals surface area contributed by atoms with Crippen molar-refractivity contribution in [3.63, 3.8) is 0 Å². The molecular weight excluding hydrogens is 270 g/mol. The Bertz CT molecular complexity index is 542. The first-order valence-electron chi connectivity index (χ1n) is 5.37. The van der Waals surface area contributed by atoms with Gasteiger partial charge in [-0.05, 0) is 18.2 Å². The Kier molecular flexibility index (Phi) is 4.17. The van der Waals surface area contributed by atoms with Gasteiger partial charge in [0.15, 0.2) is 0 Å². The Morgan fingerprint density at radius 3 is 3.06 bits per heavy atom. The number of nitrogens with zero attached hydrogens (tertiary/aromatic N) is 1. The van der Waals surface area contributed by atoms with E-state index in [0.29, 0.717) is 29.2 Å². The molecule has 0 radical (unpaired) electrons. The van der Waals surface area contributed by atoms with Gasteiger partial charge in [-0.15, -0.1) is 11.3 Å². The van der Waals surface area contributed by atoms with Gasteiger partial charge in [0.25, 0.3) is 5.91 Å². The number of benzene rings is 1. The lowest BCUT2D eigenvalue weighted by Gasteiger charge is -2.06. The number of rotatable bonds is 4. The molecule has 6 heteroatoms. The summed E-state index contributed by atoms with van der Waals surface area (Å²) in [6.07, 6.45) is 0.704. The van der Waals surface area contributed by atoms with E-state index < -0.39 is 0 Å². The van der Waals surface area contributed by atoms with Gasteiger partial charge in [-0.3, -0.25) is 4.79 Å². The fraction of sp³-hybridized carbons (Fsp3) is 0.167.